The molecule has 2 heterocycles. The van der Waals surface area contributed by atoms with Gasteiger partial charge in [-0.2, -0.15) is 0 Å². The second-order valence-corrected chi connectivity index (χ2v) is 26.4. The lowest BCUT2D eigenvalue weighted by Gasteiger charge is -2.31. The standard InChI is InChI=1S/C63H97N21O12S2/c64-25-5-3-14-42-52(87)78-44(15-4-6-26-65)59(94)84-30-10-18-50(84)58(93)81-46(32-36-20-23-40(85)24-21-36)55(90)83-49(57(92)79-45(60(95)96)17-9-29-75-63(71)72)35-98-97-34-48(56(91)77-42)82-53(88)43(16-8-28-74-62(69)70)76-54(89)47(80-51(86)41(66)13-7-27-73-61(67)68)33-37-19-22-38-11-1-2-12-39(38)31-37/h1-2,11-12,19-24,31,41-50,85H,3-10,13-18,25-30,32-35,64-66H2,(H,76,89)(H,77,91)(H,78,87)(H,79,92)(H,80,86)(H,81,93)(H,82,88)(H,83,90)(H,95,96)(H4,67,68,73)(H4,69,70,74)(H4,71,72,75)/t41-,42-,43-,44+,45-,46-,47+,48-,49-,50-/m0/s1. The zero-order valence-electron chi connectivity index (χ0n) is 54.9. The average molecular weight is 1400 g/mol. The largest absolute Gasteiger partial charge is 0.508 e. The monoisotopic (exact) mass is 1400 g/mol. The number of aliphatic imine (C=N–C) groups is 3. The molecule has 2 saturated heterocycles. The Bertz CT molecular complexity index is 3260. The minimum absolute atomic E-state index is 0.00591. The lowest BCUT2D eigenvalue weighted by atomic mass is 10.00. The first-order valence-corrected chi connectivity index (χ1v) is 35.1. The van der Waals surface area contributed by atoms with Crippen LogP contribution in [0.4, 0.5) is 0 Å². The van der Waals surface area contributed by atoms with Gasteiger partial charge in [-0.05, 0) is 137 Å². The van der Waals surface area contributed by atoms with Gasteiger partial charge in [-0.1, -0.05) is 76.2 Å². The molecule has 0 spiro atoms. The van der Waals surface area contributed by atoms with Crippen LogP contribution in [0.25, 0.3) is 10.8 Å². The summed E-state index contributed by atoms with van der Waals surface area (Å²) in [6.07, 6.45) is 2.13. The first-order valence-electron chi connectivity index (χ1n) is 32.7. The molecule has 5 rings (SSSR count). The van der Waals surface area contributed by atoms with Crippen LogP contribution in [0.1, 0.15) is 101 Å². The highest BCUT2D eigenvalue weighted by Crippen LogP contribution is 2.26. The highest BCUT2D eigenvalue weighted by Gasteiger charge is 2.41. The van der Waals surface area contributed by atoms with E-state index in [0.29, 0.717) is 49.7 Å². The summed E-state index contributed by atoms with van der Waals surface area (Å²) in [5, 5.41) is 44.0. The minimum atomic E-state index is -1.58. The number of carboxylic acids is 1. The van der Waals surface area contributed by atoms with Crippen molar-refractivity contribution >= 4 is 109 Å². The summed E-state index contributed by atoms with van der Waals surface area (Å²) in [5.41, 5.74) is 52.5. The molecule has 0 bridgehead atoms. The summed E-state index contributed by atoms with van der Waals surface area (Å²) in [7, 11) is 1.84. The zero-order chi connectivity index (χ0) is 71.7. The van der Waals surface area contributed by atoms with E-state index in [4.69, 9.17) is 51.6 Å². The number of rotatable bonds is 33. The molecule has 98 heavy (non-hydrogen) atoms. The summed E-state index contributed by atoms with van der Waals surface area (Å²) in [6.45, 7) is 0.727. The van der Waals surface area contributed by atoms with E-state index in [9.17, 15) is 48.6 Å². The molecule has 0 aliphatic carbocycles. The van der Waals surface area contributed by atoms with Gasteiger partial charge in [0.15, 0.2) is 17.9 Å². The van der Waals surface area contributed by atoms with Gasteiger partial charge in [0.05, 0.1) is 6.04 Å². The third kappa shape index (κ3) is 27.4. The number of nitrogens with two attached hydrogens (primary N) is 9. The second-order valence-electron chi connectivity index (χ2n) is 23.9. The van der Waals surface area contributed by atoms with Crippen LogP contribution in [0.2, 0.25) is 0 Å². The molecular formula is C63H97N21O12S2. The van der Waals surface area contributed by atoms with Crippen molar-refractivity contribution in [2.45, 2.75) is 163 Å². The number of carbonyl (C=O) groups is 10. The predicted molar refractivity (Wildman–Crippen MR) is 376 cm³/mol. The van der Waals surface area contributed by atoms with Crippen LogP contribution < -0.4 is 94.1 Å². The quantitative estimate of drug-likeness (QED) is 0.0121. The molecule has 2 aliphatic rings. The van der Waals surface area contributed by atoms with Crippen molar-refractivity contribution in [2.24, 2.45) is 66.6 Å². The van der Waals surface area contributed by atoms with Gasteiger partial charge in [0, 0.05) is 50.5 Å². The Hall–Kier alpha value is -9.19. The molecule has 538 valence electrons. The molecule has 28 N–H and O–H groups in total. The minimum Gasteiger partial charge on any atom is -0.508 e. The number of hydrogen-bond donors (Lipinski definition) is 19. The number of phenols is 1. The molecule has 2 aliphatic heterocycles. The molecule has 33 nitrogen and oxygen atoms in total. The number of hydrogen-bond acceptors (Lipinski definition) is 19. The van der Waals surface area contributed by atoms with Crippen molar-refractivity contribution in [1.29, 1.82) is 0 Å². The number of guanidine groups is 3. The second kappa shape index (κ2) is 41.8. The van der Waals surface area contributed by atoms with Crippen molar-refractivity contribution in [3.05, 3.63) is 77.9 Å². The van der Waals surface area contributed by atoms with Crippen LogP contribution in [-0.4, -0.2) is 203 Å². The van der Waals surface area contributed by atoms with E-state index in [1.165, 1.54) is 29.2 Å². The number of carboxylic acid groups (broad SMARTS) is 1. The number of amides is 9. The molecule has 10 atom stereocenters. The van der Waals surface area contributed by atoms with Gasteiger partial charge in [0.1, 0.15) is 60.1 Å². The van der Waals surface area contributed by atoms with Gasteiger partial charge in [-0.3, -0.25) is 58.1 Å². The molecule has 0 aromatic heterocycles. The number of aliphatic carboxylic acids is 1. The number of phenolic OH excluding ortho intramolecular Hbond substituents is 1. The maximum atomic E-state index is 15.1. The van der Waals surface area contributed by atoms with Crippen LogP contribution in [-0.2, 0) is 60.8 Å². The molecule has 9 amide bonds. The smallest absolute Gasteiger partial charge is 0.326 e. The fourth-order valence-corrected chi connectivity index (χ4v) is 13.2. The van der Waals surface area contributed by atoms with Crippen LogP contribution in [0.15, 0.2) is 81.7 Å². The van der Waals surface area contributed by atoms with Crippen molar-refractivity contribution in [3.8, 4) is 5.75 Å². The maximum absolute atomic E-state index is 15.1. The van der Waals surface area contributed by atoms with Gasteiger partial charge in [0.2, 0.25) is 53.2 Å². The Morgan fingerprint density at radius 3 is 1.76 bits per heavy atom. The molecule has 0 unspecified atom stereocenters. The average Bonchev–Trinajstić information content (AvgIpc) is 1.55. The van der Waals surface area contributed by atoms with E-state index in [-0.39, 0.29) is 139 Å². The number of unbranched alkanes of at least 4 members (excludes halogenated alkanes) is 2. The number of nitrogens with zero attached hydrogens (tertiary/aromatic N) is 4. The van der Waals surface area contributed by atoms with E-state index >= 15 is 9.59 Å². The number of nitrogens with one attached hydrogen (secondary N) is 8. The summed E-state index contributed by atoms with van der Waals surface area (Å²) in [6, 6.07) is 4.90. The van der Waals surface area contributed by atoms with Gasteiger partial charge < -0.3 is 109 Å². The fraction of sp³-hybridized carbons (Fsp3) is 0.540. The van der Waals surface area contributed by atoms with Crippen molar-refractivity contribution in [3.63, 3.8) is 0 Å². The van der Waals surface area contributed by atoms with Crippen molar-refractivity contribution < 1.29 is 58.2 Å². The first-order chi connectivity index (χ1) is 46.9. The summed E-state index contributed by atoms with van der Waals surface area (Å²) < 4.78 is 0. The zero-order valence-corrected chi connectivity index (χ0v) is 56.5. The molecule has 3 aromatic rings. The molecule has 0 radical (unpaired) electrons. The van der Waals surface area contributed by atoms with E-state index in [1.807, 2.05) is 36.4 Å². The summed E-state index contributed by atoms with van der Waals surface area (Å²) >= 11 is 0. The molecule has 2 fully saturated rings. The van der Waals surface area contributed by atoms with Crippen molar-refractivity contribution in [1.82, 2.24) is 47.4 Å². The Kier molecular flexibility index (Phi) is 33.9. The molecular weight excluding hydrogens is 1310 g/mol. The number of carbonyl (C=O) groups excluding carboxylic acids is 9. The van der Waals surface area contributed by atoms with Gasteiger partial charge in [-0.15, -0.1) is 0 Å². The van der Waals surface area contributed by atoms with Gasteiger partial charge >= 0.3 is 5.97 Å². The number of fused-ring (bicyclic) bond motifs is 2. The normalized spacial score (nSPS) is 20.0. The van der Waals surface area contributed by atoms with E-state index in [2.05, 4.69) is 57.5 Å². The highest BCUT2D eigenvalue weighted by atomic mass is 33.1. The Balaban J connectivity index is 1.59. The third-order valence-electron chi connectivity index (χ3n) is 16.1. The molecule has 0 saturated carbocycles. The van der Waals surface area contributed by atoms with Crippen molar-refractivity contribution in [2.75, 3.05) is 50.8 Å². The van der Waals surface area contributed by atoms with Crippen LogP contribution in [0, 0.1) is 0 Å². The Morgan fingerprint density at radius 1 is 0.582 bits per heavy atom. The summed E-state index contributed by atoms with van der Waals surface area (Å²) in [4.78, 5) is 158. The van der Waals surface area contributed by atoms with Crippen LogP contribution in [0.3, 0.4) is 0 Å². The van der Waals surface area contributed by atoms with Gasteiger partial charge in [-0.25, -0.2) is 4.79 Å². The highest BCUT2D eigenvalue weighted by molar-refractivity contribution is 8.76. The van der Waals surface area contributed by atoms with Crippen LogP contribution in [0.5, 0.6) is 5.75 Å². The summed E-state index contributed by atoms with van der Waals surface area (Å²) in [5.74, 6) is -10.2. The SMILES string of the molecule is NCCCC[C@@H]1NC(=O)[C@@H](NC(=O)[C@H](CCCN=C(N)N)NC(=O)[C@@H](Cc2ccc3ccccc3c2)NC(=O)[C@@H](N)CCCN=C(N)N)CSSC[C@@H](C(=O)N[C@@H](CCCN=C(N)N)C(=O)O)NC(=O)[C@H](Cc2ccc(O)cc2)NC(=O)[C@@H]2CCCN2C(=O)[C@@H](CCCCN)NC1=O. The number of aromatic hydroxyl groups is 1. The topological polar surface area (TPSA) is 582 Å². The first kappa shape index (κ1) is 79.5. The lowest BCUT2D eigenvalue weighted by molar-refractivity contribution is -0.143. The molecule has 3 aromatic carbocycles. The fourth-order valence-electron chi connectivity index (χ4n) is 10.9. The third-order valence-corrected chi connectivity index (χ3v) is 18.6. The lowest BCUT2D eigenvalue weighted by Crippen LogP contribution is -2.61. The Morgan fingerprint density at radius 2 is 1.13 bits per heavy atom. The maximum Gasteiger partial charge on any atom is 0.326 e. The van der Waals surface area contributed by atoms with E-state index < -0.39 is 120 Å². The predicted octanol–water partition coefficient (Wildman–Crippen LogP) is -3.57. The number of benzene rings is 3. The molecule has 35 heteroatoms. The van der Waals surface area contributed by atoms with Gasteiger partial charge in [0.25, 0.3) is 0 Å². The Labute approximate surface area is 576 Å². The van der Waals surface area contributed by atoms with E-state index in [0.717, 1.165) is 32.4 Å². The van der Waals surface area contributed by atoms with E-state index in [1.54, 1.807) is 6.07 Å². The van der Waals surface area contributed by atoms with Crippen LogP contribution >= 0.6 is 21.6 Å².